The number of ether oxygens (including phenoxy) is 1. The molecule has 0 aromatic heterocycles. The fraction of sp³-hybridized carbons (Fsp3) is 0.909. The number of hydrogen-bond donors (Lipinski definition) is 2. The average molecular weight is 234 g/mol. The molecule has 0 radical (unpaired) electrons. The molecular formula is C11H23FN2O2. The molecule has 0 bridgehead atoms. The van der Waals surface area contributed by atoms with E-state index < -0.39 is 23.9 Å². The lowest BCUT2D eigenvalue weighted by atomic mass is 10.00. The maximum absolute atomic E-state index is 13.4. The molecule has 0 aliphatic rings. The van der Waals surface area contributed by atoms with Crippen molar-refractivity contribution in [2.24, 2.45) is 11.7 Å². The summed E-state index contributed by atoms with van der Waals surface area (Å²) >= 11 is 0. The quantitative estimate of drug-likeness (QED) is 0.780. The molecule has 16 heavy (non-hydrogen) atoms. The number of carbonyl (C=O) groups excluding carboxylic acids is 1. The topological polar surface area (TPSA) is 64.3 Å². The van der Waals surface area contributed by atoms with E-state index in [0.717, 1.165) is 0 Å². The van der Waals surface area contributed by atoms with Gasteiger partial charge in [-0.15, -0.1) is 0 Å². The molecule has 0 aliphatic heterocycles. The van der Waals surface area contributed by atoms with Crippen LogP contribution in [0.4, 0.5) is 9.18 Å². The average Bonchev–Trinajstić information content (AvgIpc) is 2.09. The highest BCUT2D eigenvalue weighted by Gasteiger charge is 2.27. The number of halogens is 1. The molecule has 96 valence electrons. The van der Waals surface area contributed by atoms with Crippen LogP contribution in [-0.4, -0.2) is 30.5 Å². The Morgan fingerprint density at radius 2 is 1.94 bits per heavy atom. The third-order valence-electron chi connectivity index (χ3n) is 2.02. The SMILES string of the molecule is CC(C)C(NC(=O)OC(C)(C)C)C(F)CN. The lowest BCUT2D eigenvalue weighted by molar-refractivity contribution is 0.0452. The summed E-state index contributed by atoms with van der Waals surface area (Å²) in [7, 11) is 0. The van der Waals surface area contributed by atoms with Crippen molar-refractivity contribution in [3.05, 3.63) is 0 Å². The molecule has 0 aromatic rings. The molecule has 0 saturated heterocycles. The van der Waals surface area contributed by atoms with Crippen molar-refractivity contribution in [1.82, 2.24) is 5.32 Å². The minimum atomic E-state index is -1.26. The molecule has 0 rings (SSSR count). The molecule has 0 aromatic carbocycles. The summed E-state index contributed by atoms with van der Waals surface area (Å²) in [6.45, 7) is 8.81. The molecule has 5 heteroatoms. The largest absolute Gasteiger partial charge is 0.444 e. The number of rotatable bonds is 4. The molecule has 0 saturated carbocycles. The van der Waals surface area contributed by atoms with Crippen molar-refractivity contribution in [2.75, 3.05) is 6.54 Å². The smallest absolute Gasteiger partial charge is 0.407 e. The zero-order valence-electron chi connectivity index (χ0n) is 10.7. The van der Waals surface area contributed by atoms with Gasteiger partial charge in [0.2, 0.25) is 0 Å². The predicted octanol–water partition coefficient (Wildman–Crippen LogP) is 1.83. The fourth-order valence-electron chi connectivity index (χ4n) is 1.26. The molecule has 1 amide bonds. The van der Waals surface area contributed by atoms with Crippen molar-refractivity contribution in [1.29, 1.82) is 0 Å². The Labute approximate surface area is 96.7 Å². The molecule has 4 nitrogen and oxygen atoms in total. The van der Waals surface area contributed by atoms with Crippen LogP contribution in [0.25, 0.3) is 0 Å². The normalized spacial score (nSPS) is 15.8. The highest BCUT2D eigenvalue weighted by Crippen LogP contribution is 2.12. The number of nitrogens with two attached hydrogens (primary N) is 1. The second-order valence-corrected chi connectivity index (χ2v) is 5.17. The second-order valence-electron chi connectivity index (χ2n) is 5.17. The number of alkyl halides is 1. The summed E-state index contributed by atoms with van der Waals surface area (Å²) < 4.78 is 18.5. The second kappa shape index (κ2) is 6.03. The highest BCUT2D eigenvalue weighted by atomic mass is 19.1. The van der Waals surface area contributed by atoms with Crippen LogP contribution in [-0.2, 0) is 4.74 Å². The first-order valence-electron chi connectivity index (χ1n) is 5.51. The molecule has 0 aliphatic carbocycles. The summed E-state index contributed by atoms with van der Waals surface area (Å²) in [5, 5.41) is 2.51. The van der Waals surface area contributed by atoms with Gasteiger partial charge in [-0.3, -0.25) is 0 Å². The summed E-state index contributed by atoms with van der Waals surface area (Å²) in [5.74, 6) is -0.0360. The zero-order valence-corrected chi connectivity index (χ0v) is 10.7. The number of amides is 1. The molecule has 0 heterocycles. The van der Waals surface area contributed by atoms with E-state index in [2.05, 4.69) is 5.32 Å². The first-order valence-corrected chi connectivity index (χ1v) is 5.51. The van der Waals surface area contributed by atoms with Crippen LogP contribution in [0.5, 0.6) is 0 Å². The van der Waals surface area contributed by atoms with Gasteiger partial charge >= 0.3 is 6.09 Å². The Kier molecular flexibility index (Phi) is 5.72. The van der Waals surface area contributed by atoms with Gasteiger partial charge in [-0.05, 0) is 26.7 Å². The van der Waals surface area contributed by atoms with Crippen LogP contribution < -0.4 is 11.1 Å². The molecular weight excluding hydrogens is 211 g/mol. The van der Waals surface area contributed by atoms with Crippen LogP contribution >= 0.6 is 0 Å². The van der Waals surface area contributed by atoms with Crippen molar-refractivity contribution in [3.63, 3.8) is 0 Å². The van der Waals surface area contributed by atoms with Gasteiger partial charge < -0.3 is 15.8 Å². The Morgan fingerprint density at radius 1 is 1.44 bits per heavy atom. The van der Waals surface area contributed by atoms with Crippen molar-refractivity contribution < 1.29 is 13.9 Å². The standard InChI is InChI=1S/C11H23FN2O2/c1-7(2)9(8(12)6-13)14-10(15)16-11(3,4)5/h7-9H,6,13H2,1-5H3,(H,14,15). The van der Waals surface area contributed by atoms with Crippen molar-refractivity contribution in [2.45, 2.75) is 52.4 Å². The maximum Gasteiger partial charge on any atom is 0.407 e. The highest BCUT2D eigenvalue weighted by molar-refractivity contribution is 5.68. The van der Waals surface area contributed by atoms with Gasteiger partial charge in [-0.25, -0.2) is 9.18 Å². The fourth-order valence-corrected chi connectivity index (χ4v) is 1.26. The summed E-state index contributed by atoms with van der Waals surface area (Å²) in [6.07, 6.45) is -1.87. The van der Waals surface area contributed by atoms with Gasteiger partial charge in [0.25, 0.3) is 0 Å². The third kappa shape index (κ3) is 5.90. The van der Waals surface area contributed by atoms with E-state index in [0.29, 0.717) is 0 Å². The van der Waals surface area contributed by atoms with E-state index in [4.69, 9.17) is 10.5 Å². The van der Waals surface area contributed by atoms with E-state index in [-0.39, 0.29) is 12.5 Å². The Morgan fingerprint density at radius 3 is 2.25 bits per heavy atom. The number of hydrogen-bond acceptors (Lipinski definition) is 3. The molecule has 3 N–H and O–H groups in total. The summed E-state index contributed by atoms with van der Waals surface area (Å²) in [5.41, 5.74) is 4.66. The van der Waals surface area contributed by atoms with E-state index in [1.807, 2.05) is 13.8 Å². The van der Waals surface area contributed by atoms with Crippen LogP contribution in [0, 0.1) is 5.92 Å². The van der Waals surface area contributed by atoms with Gasteiger partial charge in [0.1, 0.15) is 11.8 Å². The summed E-state index contributed by atoms with van der Waals surface area (Å²) in [6, 6.07) is -0.611. The Hall–Kier alpha value is -0.840. The summed E-state index contributed by atoms with van der Waals surface area (Å²) in [4.78, 5) is 11.5. The molecule has 0 spiro atoms. The van der Waals surface area contributed by atoms with Gasteiger partial charge in [0, 0.05) is 6.54 Å². The lowest BCUT2D eigenvalue weighted by Gasteiger charge is -2.27. The molecule has 2 unspecified atom stereocenters. The number of alkyl carbamates (subject to hydrolysis) is 1. The Bertz CT molecular complexity index is 227. The van der Waals surface area contributed by atoms with Crippen LogP contribution in [0.1, 0.15) is 34.6 Å². The van der Waals surface area contributed by atoms with Crippen LogP contribution in [0.2, 0.25) is 0 Å². The Balaban J connectivity index is 4.36. The third-order valence-corrected chi connectivity index (χ3v) is 2.02. The lowest BCUT2D eigenvalue weighted by Crippen LogP contribution is -2.49. The maximum atomic E-state index is 13.4. The van der Waals surface area contributed by atoms with Crippen molar-refractivity contribution >= 4 is 6.09 Å². The first kappa shape index (κ1) is 15.2. The van der Waals surface area contributed by atoms with Crippen LogP contribution in [0.3, 0.4) is 0 Å². The first-order chi connectivity index (χ1) is 7.17. The van der Waals surface area contributed by atoms with Gasteiger partial charge in [-0.1, -0.05) is 13.8 Å². The van der Waals surface area contributed by atoms with Crippen molar-refractivity contribution in [3.8, 4) is 0 Å². The molecule has 2 atom stereocenters. The minimum absolute atomic E-state index is 0.0360. The predicted molar refractivity (Wildman–Crippen MR) is 61.9 cm³/mol. The molecule has 0 fully saturated rings. The van der Waals surface area contributed by atoms with E-state index in [1.54, 1.807) is 20.8 Å². The van der Waals surface area contributed by atoms with Gasteiger partial charge in [-0.2, -0.15) is 0 Å². The number of nitrogens with one attached hydrogen (secondary N) is 1. The van der Waals surface area contributed by atoms with E-state index in [9.17, 15) is 9.18 Å². The van der Waals surface area contributed by atoms with Gasteiger partial charge in [0.05, 0.1) is 6.04 Å². The van der Waals surface area contributed by atoms with E-state index >= 15 is 0 Å². The van der Waals surface area contributed by atoms with E-state index in [1.165, 1.54) is 0 Å². The monoisotopic (exact) mass is 234 g/mol. The zero-order chi connectivity index (χ0) is 12.9. The van der Waals surface area contributed by atoms with Gasteiger partial charge in [0.15, 0.2) is 0 Å². The minimum Gasteiger partial charge on any atom is -0.444 e. The van der Waals surface area contributed by atoms with Crippen LogP contribution in [0.15, 0.2) is 0 Å². The number of carbonyl (C=O) groups is 1.